The zero-order valence-electron chi connectivity index (χ0n) is 20.7. The summed E-state index contributed by atoms with van der Waals surface area (Å²) in [6, 6.07) is 10.7. The third-order valence-electron chi connectivity index (χ3n) is 5.76. The molecule has 1 aliphatic rings. The highest BCUT2D eigenvalue weighted by Gasteiger charge is 2.23. The highest BCUT2D eigenvalue weighted by Crippen LogP contribution is 2.28. The summed E-state index contributed by atoms with van der Waals surface area (Å²) in [6.45, 7) is 4.94. The van der Waals surface area contributed by atoms with E-state index in [2.05, 4.69) is 32.5 Å². The van der Waals surface area contributed by atoms with Crippen molar-refractivity contribution < 1.29 is 14.3 Å². The number of ether oxygens (including phenoxy) is 1. The number of nitrogens with zero attached hydrogens (tertiary/aromatic N) is 4. The lowest BCUT2D eigenvalue weighted by atomic mass is 10.1. The van der Waals surface area contributed by atoms with Gasteiger partial charge in [-0.3, -0.25) is 14.6 Å². The molecule has 192 valence electrons. The van der Waals surface area contributed by atoms with Crippen LogP contribution in [0.1, 0.15) is 23.3 Å². The molecule has 1 atom stereocenters. The van der Waals surface area contributed by atoms with Gasteiger partial charge in [-0.15, -0.1) is 11.8 Å². The molecule has 0 radical (unpaired) electrons. The van der Waals surface area contributed by atoms with Crippen molar-refractivity contribution in [1.82, 2.24) is 25.2 Å². The number of pyridine rings is 1. The van der Waals surface area contributed by atoms with Crippen molar-refractivity contribution in [2.45, 2.75) is 23.8 Å². The number of carbonyl (C=O) groups excluding carboxylic acids is 2. The van der Waals surface area contributed by atoms with E-state index in [9.17, 15) is 9.59 Å². The Morgan fingerprint density at radius 1 is 1.19 bits per heavy atom. The summed E-state index contributed by atoms with van der Waals surface area (Å²) in [4.78, 5) is 39.7. The van der Waals surface area contributed by atoms with Crippen molar-refractivity contribution in [3.05, 3.63) is 67.1 Å². The van der Waals surface area contributed by atoms with Crippen LogP contribution < -0.4 is 20.7 Å². The summed E-state index contributed by atoms with van der Waals surface area (Å²) in [5.74, 6) is 1.97. The number of aromatic nitrogens is 3. The number of hydrogen-bond acceptors (Lipinski definition) is 9. The second-order valence-corrected chi connectivity index (χ2v) is 9.14. The average molecular weight is 520 g/mol. The quantitative estimate of drug-likeness (QED) is 0.284. The first-order valence-corrected chi connectivity index (χ1v) is 13.0. The SMILES string of the molecule is C=CC(=O)N1CCC[C@H](Nc2nc(Nc3ccc(Oc4ccnc(C(=O)NC)c4)cc3)ncc2SC)C1. The van der Waals surface area contributed by atoms with Crippen LogP contribution >= 0.6 is 11.8 Å². The maximum absolute atomic E-state index is 12.0. The molecule has 0 spiro atoms. The van der Waals surface area contributed by atoms with Crippen molar-refractivity contribution >= 4 is 41.0 Å². The first-order valence-electron chi connectivity index (χ1n) is 11.8. The molecule has 0 saturated carbocycles. The van der Waals surface area contributed by atoms with Gasteiger partial charge in [0, 0.05) is 50.3 Å². The Kier molecular flexibility index (Phi) is 8.57. The van der Waals surface area contributed by atoms with Gasteiger partial charge in [0.1, 0.15) is 23.0 Å². The van der Waals surface area contributed by atoms with E-state index in [0.29, 0.717) is 24.0 Å². The molecular formula is C26H29N7O3S. The fourth-order valence-corrected chi connectivity index (χ4v) is 4.36. The van der Waals surface area contributed by atoms with Crippen LogP contribution in [0, 0.1) is 0 Å². The summed E-state index contributed by atoms with van der Waals surface area (Å²) in [5, 5.41) is 9.26. The normalized spacial score (nSPS) is 15.0. The third-order valence-corrected chi connectivity index (χ3v) is 6.50. The van der Waals surface area contributed by atoms with E-state index >= 15 is 0 Å². The molecule has 10 nitrogen and oxygen atoms in total. The molecule has 1 fully saturated rings. The number of anilines is 3. The van der Waals surface area contributed by atoms with E-state index < -0.39 is 0 Å². The molecule has 1 aromatic carbocycles. The molecule has 11 heteroatoms. The Hall–Kier alpha value is -4.12. The van der Waals surface area contributed by atoms with Gasteiger partial charge in [-0.25, -0.2) is 4.98 Å². The van der Waals surface area contributed by atoms with Gasteiger partial charge in [0.2, 0.25) is 11.9 Å². The van der Waals surface area contributed by atoms with E-state index in [4.69, 9.17) is 9.72 Å². The highest BCUT2D eigenvalue weighted by atomic mass is 32.2. The largest absolute Gasteiger partial charge is 0.457 e. The number of piperidine rings is 1. The molecule has 3 N–H and O–H groups in total. The predicted molar refractivity (Wildman–Crippen MR) is 145 cm³/mol. The summed E-state index contributed by atoms with van der Waals surface area (Å²) in [6.07, 6.45) is 8.51. The Morgan fingerprint density at radius 3 is 2.73 bits per heavy atom. The van der Waals surface area contributed by atoms with Gasteiger partial charge < -0.3 is 25.6 Å². The van der Waals surface area contributed by atoms with Crippen molar-refractivity contribution in [3.8, 4) is 11.5 Å². The monoisotopic (exact) mass is 519 g/mol. The van der Waals surface area contributed by atoms with Crippen molar-refractivity contribution in [1.29, 1.82) is 0 Å². The van der Waals surface area contributed by atoms with Crippen LogP contribution in [0.3, 0.4) is 0 Å². The summed E-state index contributed by atoms with van der Waals surface area (Å²) < 4.78 is 5.86. The van der Waals surface area contributed by atoms with Crippen molar-refractivity contribution in [3.63, 3.8) is 0 Å². The Labute approximate surface area is 219 Å². The number of thioether (sulfide) groups is 1. The Morgan fingerprint density at radius 2 is 2.00 bits per heavy atom. The maximum atomic E-state index is 12.0. The van der Waals surface area contributed by atoms with E-state index in [-0.39, 0.29) is 23.6 Å². The van der Waals surface area contributed by atoms with Crippen LogP contribution in [0.2, 0.25) is 0 Å². The molecule has 37 heavy (non-hydrogen) atoms. The molecule has 1 saturated heterocycles. The lowest BCUT2D eigenvalue weighted by Crippen LogP contribution is -2.44. The fraction of sp³-hybridized carbons (Fsp3) is 0.269. The smallest absolute Gasteiger partial charge is 0.269 e. The standard InChI is InChI=1S/C26H29N7O3S/c1-4-23(34)33-13-5-6-18(16-33)30-24-22(37-3)15-29-26(32-24)31-17-7-9-19(10-8-17)36-20-11-12-28-21(14-20)25(35)27-2/h4,7-12,14-15,18H,1,5-6,13,16H2,2-3H3,(H,27,35)(H2,29,30,31,32)/t18-/m0/s1. The lowest BCUT2D eigenvalue weighted by Gasteiger charge is -2.33. The van der Waals surface area contributed by atoms with Gasteiger partial charge in [-0.05, 0) is 55.5 Å². The van der Waals surface area contributed by atoms with Crippen LogP contribution in [-0.2, 0) is 4.79 Å². The van der Waals surface area contributed by atoms with Gasteiger partial charge in [-0.2, -0.15) is 4.98 Å². The molecule has 1 aliphatic heterocycles. The number of carbonyl (C=O) groups is 2. The van der Waals surface area contributed by atoms with Gasteiger partial charge in [0.05, 0.1) is 4.90 Å². The number of benzene rings is 1. The second-order valence-electron chi connectivity index (χ2n) is 8.29. The number of nitrogens with one attached hydrogen (secondary N) is 3. The van der Waals surface area contributed by atoms with E-state index in [0.717, 1.165) is 35.8 Å². The van der Waals surface area contributed by atoms with Crippen LogP contribution in [0.4, 0.5) is 17.5 Å². The Bertz CT molecular complexity index is 1270. The highest BCUT2D eigenvalue weighted by molar-refractivity contribution is 7.98. The molecule has 3 aromatic rings. The van der Waals surface area contributed by atoms with E-state index in [1.54, 1.807) is 37.1 Å². The van der Waals surface area contributed by atoms with Crippen LogP contribution in [-0.4, -0.2) is 64.1 Å². The third kappa shape index (κ3) is 6.76. The molecule has 0 unspecified atom stereocenters. The van der Waals surface area contributed by atoms with Crippen LogP contribution in [0.5, 0.6) is 11.5 Å². The van der Waals surface area contributed by atoms with Crippen LogP contribution in [0.15, 0.2) is 66.3 Å². The van der Waals surface area contributed by atoms with E-state index in [1.165, 1.54) is 12.3 Å². The summed E-state index contributed by atoms with van der Waals surface area (Å²) >= 11 is 1.56. The van der Waals surface area contributed by atoms with Crippen LogP contribution in [0.25, 0.3) is 0 Å². The number of hydrogen-bond donors (Lipinski definition) is 3. The van der Waals surface area contributed by atoms with Crippen molar-refractivity contribution in [2.75, 3.05) is 37.0 Å². The molecule has 2 amide bonds. The zero-order chi connectivity index (χ0) is 26.2. The van der Waals surface area contributed by atoms with E-state index in [1.807, 2.05) is 35.4 Å². The minimum atomic E-state index is -0.280. The molecular weight excluding hydrogens is 490 g/mol. The Balaban J connectivity index is 1.42. The minimum absolute atomic E-state index is 0.0510. The predicted octanol–water partition coefficient (Wildman–Crippen LogP) is 4.08. The number of amides is 2. The first-order chi connectivity index (χ1) is 18.0. The summed E-state index contributed by atoms with van der Waals surface area (Å²) in [5.41, 5.74) is 1.07. The first kappa shape index (κ1) is 26.0. The topological polar surface area (TPSA) is 121 Å². The average Bonchev–Trinajstić information content (AvgIpc) is 2.93. The lowest BCUT2D eigenvalue weighted by molar-refractivity contribution is -0.127. The molecule has 2 aromatic heterocycles. The molecule has 0 aliphatic carbocycles. The molecule has 3 heterocycles. The van der Waals surface area contributed by atoms with Gasteiger partial charge in [-0.1, -0.05) is 6.58 Å². The molecule has 0 bridgehead atoms. The molecule has 4 rings (SSSR count). The van der Waals surface area contributed by atoms with Crippen molar-refractivity contribution in [2.24, 2.45) is 0 Å². The maximum Gasteiger partial charge on any atom is 0.269 e. The van der Waals surface area contributed by atoms with Gasteiger partial charge in [0.15, 0.2) is 0 Å². The number of rotatable bonds is 9. The number of likely N-dealkylation sites (tertiary alicyclic amines) is 1. The summed E-state index contributed by atoms with van der Waals surface area (Å²) in [7, 11) is 1.55. The fourth-order valence-electron chi connectivity index (χ4n) is 3.90. The second kappa shape index (κ2) is 12.2. The zero-order valence-corrected chi connectivity index (χ0v) is 21.5. The van der Waals surface area contributed by atoms with Gasteiger partial charge in [0.25, 0.3) is 5.91 Å². The van der Waals surface area contributed by atoms with Gasteiger partial charge >= 0.3 is 0 Å². The minimum Gasteiger partial charge on any atom is -0.457 e.